The number of hydrogen-bond acceptors (Lipinski definition) is 9. The third kappa shape index (κ3) is 13.9. The molecule has 282 valence electrons. The highest BCUT2D eigenvalue weighted by atomic mass is 35.5. The van der Waals surface area contributed by atoms with Crippen molar-refractivity contribution in [2.75, 3.05) is 6.61 Å². The highest BCUT2D eigenvalue weighted by Gasteiger charge is 2.48. The number of benzene rings is 3. The summed E-state index contributed by atoms with van der Waals surface area (Å²) in [4.78, 5) is 39.5. The van der Waals surface area contributed by atoms with Gasteiger partial charge in [0.05, 0.1) is 32.8 Å². The van der Waals surface area contributed by atoms with Crippen LogP contribution in [0.1, 0.15) is 64.7 Å². The third-order valence-corrected chi connectivity index (χ3v) is 8.13. The maximum absolute atomic E-state index is 13.6. The summed E-state index contributed by atoms with van der Waals surface area (Å²) in [5.41, 5.74) is 1.13. The summed E-state index contributed by atoms with van der Waals surface area (Å²) in [6.07, 6.45) is -4.62. The van der Waals surface area contributed by atoms with Crippen LogP contribution in [0.25, 0.3) is 0 Å². The van der Waals surface area contributed by atoms with Crippen molar-refractivity contribution in [1.29, 1.82) is 0 Å². The van der Waals surface area contributed by atoms with Crippen LogP contribution in [0.15, 0.2) is 91.0 Å². The number of amides is 2. The van der Waals surface area contributed by atoms with Crippen LogP contribution in [0.5, 0.6) is 0 Å². The van der Waals surface area contributed by atoms with E-state index in [0.717, 1.165) is 16.7 Å². The van der Waals surface area contributed by atoms with E-state index in [2.05, 4.69) is 10.6 Å². The molecule has 4 rings (SSSR count). The molecule has 0 aromatic heterocycles. The van der Waals surface area contributed by atoms with Crippen LogP contribution < -0.4 is 10.6 Å². The number of alkyl halides is 1. The molecule has 0 aliphatic carbocycles. The van der Waals surface area contributed by atoms with Gasteiger partial charge >= 0.3 is 12.1 Å². The number of esters is 1. The average Bonchev–Trinajstić information content (AvgIpc) is 3.08. The van der Waals surface area contributed by atoms with Crippen molar-refractivity contribution in [3.8, 4) is 0 Å². The van der Waals surface area contributed by atoms with E-state index in [0.29, 0.717) is 6.61 Å². The molecule has 2 amide bonds. The van der Waals surface area contributed by atoms with Crippen LogP contribution in [0, 0.1) is 0 Å². The first-order valence-corrected chi connectivity index (χ1v) is 17.8. The third-order valence-electron chi connectivity index (χ3n) is 7.65. The van der Waals surface area contributed by atoms with Crippen LogP contribution in [-0.4, -0.2) is 71.7 Å². The van der Waals surface area contributed by atoms with Crippen LogP contribution >= 0.6 is 11.6 Å². The van der Waals surface area contributed by atoms with E-state index in [4.69, 9.17) is 40.0 Å². The van der Waals surface area contributed by atoms with Gasteiger partial charge in [0.2, 0.25) is 5.91 Å². The zero-order valence-electron chi connectivity index (χ0n) is 30.7. The zero-order chi connectivity index (χ0) is 37.7. The predicted molar refractivity (Wildman–Crippen MR) is 196 cm³/mol. The summed E-state index contributed by atoms with van der Waals surface area (Å²) >= 11 is 7.11. The SMILES string of the molecule is CC(C)(C)OC(=O)N[C@@H](CC(=O)N[C@@H]1O[C@H](COCc2ccccc2)[C@H](OCc2ccccc2)[C@H](OCc2ccccc2)[C@H]1Cl)C(=O)OC(C)(C)C. The van der Waals surface area contributed by atoms with E-state index in [1.54, 1.807) is 41.5 Å². The van der Waals surface area contributed by atoms with E-state index in [1.165, 1.54) is 0 Å². The monoisotopic (exact) mass is 738 g/mol. The molecule has 1 heterocycles. The molecule has 2 N–H and O–H groups in total. The Balaban J connectivity index is 1.56. The Morgan fingerprint density at radius 2 is 1.19 bits per heavy atom. The Morgan fingerprint density at radius 3 is 1.69 bits per heavy atom. The van der Waals surface area contributed by atoms with Crippen molar-refractivity contribution in [2.45, 2.75) is 115 Å². The van der Waals surface area contributed by atoms with Gasteiger partial charge in [0.1, 0.15) is 47.2 Å². The standard InChI is InChI=1S/C40H51ClN2O9/c1-39(2,3)51-37(45)30(42-38(46)52-40(4,5)6)22-32(44)43-36-33(41)35(49-25-29-20-14-9-15-21-29)34(48-24-28-18-12-8-13-19-28)31(50-36)26-47-23-27-16-10-7-11-17-27/h7-21,30-31,33-36H,22-26H2,1-6H3,(H,42,46)(H,43,44)/t30-,31+,33+,34-,35+,36+/m0/s1. The number of hydrogen-bond donors (Lipinski definition) is 2. The fraction of sp³-hybridized carbons (Fsp3) is 0.475. The molecule has 3 aromatic carbocycles. The van der Waals surface area contributed by atoms with E-state index in [-0.39, 0.29) is 19.8 Å². The maximum atomic E-state index is 13.6. The van der Waals surface area contributed by atoms with Gasteiger partial charge < -0.3 is 39.1 Å². The first-order valence-electron chi connectivity index (χ1n) is 17.4. The van der Waals surface area contributed by atoms with Crippen LogP contribution in [0.3, 0.4) is 0 Å². The average molecular weight is 739 g/mol. The zero-order valence-corrected chi connectivity index (χ0v) is 31.5. The molecular weight excluding hydrogens is 688 g/mol. The summed E-state index contributed by atoms with van der Waals surface area (Å²) in [6.45, 7) is 11.0. The second-order valence-corrected chi connectivity index (χ2v) is 15.1. The van der Waals surface area contributed by atoms with Gasteiger partial charge in [0.25, 0.3) is 0 Å². The second kappa shape index (κ2) is 19.2. The smallest absolute Gasteiger partial charge is 0.408 e. The first kappa shape index (κ1) is 40.8. The molecule has 0 bridgehead atoms. The molecule has 6 atom stereocenters. The van der Waals surface area contributed by atoms with Gasteiger partial charge in [-0.15, -0.1) is 11.6 Å². The molecule has 1 fully saturated rings. The fourth-order valence-electron chi connectivity index (χ4n) is 5.36. The number of rotatable bonds is 15. The van der Waals surface area contributed by atoms with Crippen LogP contribution in [0.2, 0.25) is 0 Å². The van der Waals surface area contributed by atoms with Crippen LogP contribution in [0.4, 0.5) is 4.79 Å². The molecule has 52 heavy (non-hydrogen) atoms. The minimum atomic E-state index is -1.36. The molecule has 1 aliphatic rings. The minimum Gasteiger partial charge on any atom is -0.458 e. The summed E-state index contributed by atoms with van der Waals surface area (Å²) in [6, 6.07) is 27.7. The molecule has 0 unspecified atom stereocenters. The molecule has 12 heteroatoms. The number of carbonyl (C=O) groups excluding carboxylic acids is 3. The molecular formula is C40H51ClN2O9. The van der Waals surface area contributed by atoms with E-state index >= 15 is 0 Å². The second-order valence-electron chi connectivity index (χ2n) is 14.6. The van der Waals surface area contributed by atoms with E-state index in [1.807, 2.05) is 91.0 Å². The summed E-state index contributed by atoms with van der Waals surface area (Å²) in [5.74, 6) is -1.43. The molecule has 3 aromatic rings. The Bertz CT molecular complexity index is 1550. The number of nitrogens with one attached hydrogen (secondary N) is 2. The Labute approximate surface area is 311 Å². The normalized spacial score (nSPS) is 21.1. The minimum absolute atomic E-state index is 0.0935. The lowest BCUT2D eigenvalue weighted by Crippen LogP contribution is -2.63. The lowest BCUT2D eigenvalue weighted by Gasteiger charge is -2.44. The largest absolute Gasteiger partial charge is 0.458 e. The van der Waals surface area contributed by atoms with Gasteiger partial charge in [0, 0.05) is 0 Å². The number of halogens is 1. The molecule has 0 saturated carbocycles. The molecule has 0 spiro atoms. The van der Waals surface area contributed by atoms with E-state index in [9.17, 15) is 14.4 Å². The van der Waals surface area contributed by atoms with Gasteiger partial charge in [-0.1, -0.05) is 91.0 Å². The maximum Gasteiger partial charge on any atom is 0.408 e. The molecule has 1 aliphatic heterocycles. The lowest BCUT2D eigenvalue weighted by atomic mass is 9.99. The Hall–Kier alpha value is -4.00. The van der Waals surface area contributed by atoms with Gasteiger partial charge in [-0.05, 0) is 58.2 Å². The van der Waals surface area contributed by atoms with Gasteiger partial charge in [-0.3, -0.25) is 4.79 Å². The molecule has 11 nitrogen and oxygen atoms in total. The summed E-state index contributed by atoms with van der Waals surface area (Å²) < 4.78 is 36.4. The molecule has 1 saturated heterocycles. The molecule has 0 radical (unpaired) electrons. The number of alkyl carbamates (subject to hydrolysis) is 1. The Morgan fingerprint density at radius 1 is 0.712 bits per heavy atom. The van der Waals surface area contributed by atoms with Crippen molar-refractivity contribution in [3.05, 3.63) is 108 Å². The predicted octanol–water partition coefficient (Wildman–Crippen LogP) is 6.45. The Kier molecular flexibility index (Phi) is 15.0. The highest BCUT2D eigenvalue weighted by Crippen LogP contribution is 2.31. The van der Waals surface area contributed by atoms with E-state index < -0.39 is 71.6 Å². The first-order chi connectivity index (χ1) is 24.7. The quantitative estimate of drug-likeness (QED) is 0.134. The highest BCUT2D eigenvalue weighted by molar-refractivity contribution is 6.21. The van der Waals surface area contributed by atoms with Crippen molar-refractivity contribution in [1.82, 2.24) is 10.6 Å². The van der Waals surface area contributed by atoms with Crippen molar-refractivity contribution in [3.63, 3.8) is 0 Å². The lowest BCUT2D eigenvalue weighted by molar-refractivity contribution is -0.223. The van der Waals surface area contributed by atoms with Gasteiger partial charge in [0.15, 0.2) is 0 Å². The fourth-order valence-corrected chi connectivity index (χ4v) is 5.70. The van der Waals surface area contributed by atoms with Crippen molar-refractivity contribution >= 4 is 29.6 Å². The topological polar surface area (TPSA) is 131 Å². The van der Waals surface area contributed by atoms with Gasteiger partial charge in [-0.25, -0.2) is 9.59 Å². The number of carbonyl (C=O) groups is 3. The summed E-state index contributed by atoms with van der Waals surface area (Å²) in [7, 11) is 0. The van der Waals surface area contributed by atoms with Crippen molar-refractivity contribution < 1.29 is 42.8 Å². The van der Waals surface area contributed by atoms with Gasteiger partial charge in [-0.2, -0.15) is 0 Å². The van der Waals surface area contributed by atoms with Crippen molar-refractivity contribution in [2.24, 2.45) is 0 Å². The summed E-state index contributed by atoms with van der Waals surface area (Å²) in [5, 5.41) is 4.36. The van der Waals surface area contributed by atoms with Crippen LogP contribution in [-0.2, 0) is 57.8 Å². The number of ether oxygens (including phenoxy) is 6.